The molecule has 1 saturated carbocycles. The summed E-state index contributed by atoms with van der Waals surface area (Å²) in [6, 6.07) is 0. The first kappa shape index (κ1) is 16.3. The third kappa shape index (κ3) is 3.99. The first-order valence-electron chi connectivity index (χ1n) is 8.26. The van der Waals surface area contributed by atoms with E-state index in [4.69, 9.17) is 0 Å². The molecule has 1 heterocycles. The van der Waals surface area contributed by atoms with Crippen LogP contribution in [0.15, 0.2) is 0 Å². The van der Waals surface area contributed by atoms with Crippen molar-refractivity contribution in [2.75, 3.05) is 18.4 Å². The number of carbonyl (C=O) groups excluding carboxylic acids is 1. The van der Waals surface area contributed by atoms with Crippen LogP contribution in [0.5, 0.6) is 0 Å². The zero-order valence-electron chi connectivity index (χ0n) is 13.3. The van der Waals surface area contributed by atoms with Gasteiger partial charge in [-0.25, -0.2) is 0 Å². The molecular weight excluding hydrogens is 314 g/mol. The van der Waals surface area contributed by atoms with Crippen molar-refractivity contribution in [3.05, 3.63) is 0 Å². The van der Waals surface area contributed by atoms with Crippen molar-refractivity contribution < 1.29 is 4.79 Å². The van der Waals surface area contributed by atoms with Crippen LogP contribution in [0, 0.1) is 23.2 Å². The highest BCUT2D eigenvalue weighted by Gasteiger charge is 2.35. The van der Waals surface area contributed by atoms with Crippen LogP contribution in [-0.4, -0.2) is 29.2 Å². The van der Waals surface area contributed by atoms with Crippen LogP contribution in [0.4, 0.5) is 0 Å². The van der Waals surface area contributed by atoms with E-state index in [9.17, 15) is 4.79 Å². The molecule has 116 valence electrons. The second kappa shape index (κ2) is 6.81. The smallest absolute Gasteiger partial charge is 0.225 e. The predicted molar refractivity (Wildman–Crippen MR) is 88.0 cm³/mol. The van der Waals surface area contributed by atoms with Gasteiger partial charge in [0.05, 0.1) is 0 Å². The van der Waals surface area contributed by atoms with Gasteiger partial charge >= 0.3 is 0 Å². The van der Waals surface area contributed by atoms with Gasteiger partial charge in [0.15, 0.2) is 0 Å². The van der Waals surface area contributed by atoms with Gasteiger partial charge in [-0.2, -0.15) is 0 Å². The fraction of sp³-hybridized carbons (Fsp3) is 0.941. The van der Waals surface area contributed by atoms with Crippen molar-refractivity contribution in [1.29, 1.82) is 0 Å². The molecule has 0 aromatic carbocycles. The monoisotopic (exact) mass is 343 g/mol. The molecule has 2 aliphatic rings. The van der Waals surface area contributed by atoms with Crippen molar-refractivity contribution in [1.82, 2.24) is 4.90 Å². The number of alkyl halides is 1. The minimum absolute atomic E-state index is 0.316. The Morgan fingerprint density at radius 3 is 2.35 bits per heavy atom. The minimum Gasteiger partial charge on any atom is -0.342 e. The van der Waals surface area contributed by atoms with E-state index in [0.29, 0.717) is 17.2 Å². The molecule has 2 fully saturated rings. The summed E-state index contributed by atoms with van der Waals surface area (Å²) in [6.07, 6.45) is 7.10. The van der Waals surface area contributed by atoms with Gasteiger partial charge in [-0.15, -0.1) is 0 Å². The van der Waals surface area contributed by atoms with Gasteiger partial charge in [0, 0.05) is 24.3 Å². The summed E-state index contributed by atoms with van der Waals surface area (Å²) in [5, 5.41) is 1.07. The Morgan fingerprint density at radius 2 is 1.80 bits per heavy atom. The second-order valence-electron chi connectivity index (χ2n) is 7.83. The molecule has 2 rings (SSSR count). The van der Waals surface area contributed by atoms with Crippen LogP contribution in [0.2, 0.25) is 0 Å². The maximum atomic E-state index is 12.6. The van der Waals surface area contributed by atoms with E-state index in [-0.39, 0.29) is 0 Å². The Kier molecular flexibility index (Phi) is 5.56. The van der Waals surface area contributed by atoms with Crippen molar-refractivity contribution in [2.24, 2.45) is 23.2 Å². The Hall–Kier alpha value is -0.0500. The third-order valence-corrected chi connectivity index (χ3v) is 5.87. The van der Waals surface area contributed by atoms with E-state index in [1.54, 1.807) is 0 Å². The summed E-state index contributed by atoms with van der Waals surface area (Å²) in [5.74, 6) is 2.29. The summed E-state index contributed by atoms with van der Waals surface area (Å²) in [5.41, 5.74) is 0.405. The van der Waals surface area contributed by atoms with Gasteiger partial charge in [0.2, 0.25) is 5.91 Å². The summed E-state index contributed by atoms with van der Waals surface area (Å²) in [7, 11) is 0. The van der Waals surface area contributed by atoms with Crippen molar-refractivity contribution in [3.8, 4) is 0 Å². The SMILES string of the molecule is CC(C)(C)C1CCC(C(=O)N2CCC(CCBr)C2)CC1. The van der Waals surface area contributed by atoms with Gasteiger partial charge in [0.25, 0.3) is 0 Å². The fourth-order valence-electron chi connectivity index (χ4n) is 3.89. The lowest BCUT2D eigenvalue weighted by Crippen LogP contribution is -2.37. The van der Waals surface area contributed by atoms with Gasteiger partial charge in [-0.05, 0) is 55.8 Å². The average Bonchev–Trinajstić information content (AvgIpc) is 2.86. The summed E-state index contributed by atoms with van der Waals surface area (Å²) >= 11 is 3.51. The van der Waals surface area contributed by atoms with Crippen LogP contribution < -0.4 is 0 Å². The molecule has 1 aliphatic carbocycles. The predicted octanol–water partition coefficient (Wildman–Crippen LogP) is 4.47. The quantitative estimate of drug-likeness (QED) is 0.692. The van der Waals surface area contributed by atoms with E-state index in [2.05, 4.69) is 41.6 Å². The van der Waals surface area contributed by atoms with Gasteiger partial charge < -0.3 is 4.90 Å². The molecule has 0 N–H and O–H groups in total. The topological polar surface area (TPSA) is 20.3 Å². The molecule has 20 heavy (non-hydrogen) atoms. The van der Waals surface area contributed by atoms with Gasteiger partial charge in [-0.3, -0.25) is 4.79 Å². The van der Waals surface area contributed by atoms with Gasteiger partial charge in [-0.1, -0.05) is 36.7 Å². The third-order valence-electron chi connectivity index (χ3n) is 5.42. The van der Waals surface area contributed by atoms with E-state index < -0.39 is 0 Å². The number of nitrogens with zero attached hydrogens (tertiary/aromatic N) is 1. The second-order valence-corrected chi connectivity index (χ2v) is 8.62. The van der Waals surface area contributed by atoms with Gasteiger partial charge in [0.1, 0.15) is 0 Å². The fourth-order valence-corrected chi connectivity index (χ4v) is 4.53. The normalized spacial score (nSPS) is 31.6. The molecule has 0 radical (unpaired) electrons. The van der Waals surface area contributed by atoms with Crippen LogP contribution in [0.3, 0.4) is 0 Å². The Bertz CT molecular complexity index is 328. The Morgan fingerprint density at radius 1 is 1.15 bits per heavy atom. The van der Waals surface area contributed by atoms with Crippen molar-refractivity contribution in [2.45, 2.75) is 59.3 Å². The van der Waals surface area contributed by atoms with E-state index >= 15 is 0 Å². The van der Waals surface area contributed by atoms with Crippen LogP contribution in [0.1, 0.15) is 59.3 Å². The first-order valence-corrected chi connectivity index (χ1v) is 9.38. The molecule has 0 aromatic heterocycles. The van der Waals surface area contributed by atoms with Crippen LogP contribution >= 0.6 is 15.9 Å². The van der Waals surface area contributed by atoms with E-state index in [1.807, 2.05) is 0 Å². The number of amides is 1. The number of halogens is 1. The Balaban J connectivity index is 1.81. The average molecular weight is 344 g/mol. The first-order chi connectivity index (χ1) is 9.41. The molecule has 1 amide bonds. The number of hydrogen-bond acceptors (Lipinski definition) is 1. The van der Waals surface area contributed by atoms with Crippen molar-refractivity contribution in [3.63, 3.8) is 0 Å². The molecule has 1 unspecified atom stereocenters. The molecule has 0 spiro atoms. The highest BCUT2D eigenvalue weighted by molar-refractivity contribution is 9.09. The zero-order valence-corrected chi connectivity index (χ0v) is 14.9. The maximum absolute atomic E-state index is 12.6. The molecule has 0 aromatic rings. The van der Waals surface area contributed by atoms with Crippen LogP contribution in [-0.2, 0) is 4.79 Å². The molecule has 1 atom stereocenters. The molecule has 1 saturated heterocycles. The molecule has 1 aliphatic heterocycles. The minimum atomic E-state index is 0.316. The molecule has 3 heteroatoms. The van der Waals surface area contributed by atoms with E-state index in [1.165, 1.54) is 25.7 Å². The summed E-state index contributed by atoms with van der Waals surface area (Å²) in [4.78, 5) is 14.8. The molecule has 2 nitrogen and oxygen atoms in total. The summed E-state index contributed by atoms with van der Waals surface area (Å²) in [6.45, 7) is 9.01. The zero-order chi connectivity index (χ0) is 14.8. The number of carbonyl (C=O) groups is 1. The lowest BCUT2D eigenvalue weighted by molar-refractivity contribution is -0.136. The molecule has 0 bridgehead atoms. The largest absolute Gasteiger partial charge is 0.342 e. The molecular formula is C17H30BrNO. The van der Waals surface area contributed by atoms with E-state index in [0.717, 1.165) is 43.1 Å². The Labute approximate surface area is 132 Å². The lowest BCUT2D eigenvalue weighted by Gasteiger charge is -2.37. The summed E-state index contributed by atoms with van der Waals surface area (Å²) < 4.78 is 0. The number of hydrogen-bond donors (Lipinski definition) is 0. The number of rotatable bonds is 3. The van der Waals surface area contributed by atoms with Crippen molar-refractivity contribution >= 4 is 21.8 Å². The highest BCUT2D eigenvalue weighted by atomic mass is 79.9. The maximum Gasteiger partial charge on any atom is 0.225 e. The highest BCUT2D eigenvalue weighted by Crippen LogP contribution is 2.40. The lowest BCUT2D eigenvalue weighted by atomic mass is 9.69. The standard InChI is InChI=1S/C17H30BrNO/c1-17(2,3)15-6-4-14(5-7-15)16(20)19-11-9-13(12-19)8-10-18/h13-15H,4-12H2,1-3H3. The van der Waals surface area contributed by atoms with Crippen LogP contribution in [0.25, 0.3) is 0 Å². The number of likely N-dealkylation sites (tertiary alicyclic amines) is 1.